The monoisotopic (exact) mass is 247 g/mol. The molecule has 0 bridgehead atoms. The molecule has 92 valence electrons. The summed E-state index contributed by atoms with van der Waals surface area (Å²) in [5.74, 6) is 1.16. The molecule has 0 saturated heterocycles. The van der Waals surface area contributed by atoms with Crippen molar-refractivity contribution in [3.8, 4) is 0 Å². The minimum absolute atomic E-state index is 1.10. The molecule has 0 aromatic heterocycles. The summed E-state index contributed by atoms with van der Waals surface area (Å²) < 4.78 is 0. The lowest BCUT2D eigenvalue weighted by Crippen LogP contribution is -2.18. The Bertz CT molecular complexity index is 345. The fourth-order valence-electron chi connectivity index (χ4n) is 2.10. The third kappa shape index (κ3) is 4.97. The van der Waals surface area contributed by atoms with Gasteiger partial charge in [0, 0.05) is 17.2 Å². The Balaban J connectivity index is 1.49. The summed E-state index contributed by atoms with van der Waals surface area (Å²) in [7, 11) is 0. The van der Waals surface area contributed by atoms with E-state index in [0.29, 0.717) is 0 Å². The first kappa shape index (κ1) is 12.7. The molecule has 1 nitrogen and oxygen atoms in total. The highest BCUT2D eigenvalue weighted by Gasteiger charge is 2.03. The van der Waals surface area contributed by atoms with Crippen molar-refractivity contribution in [2.45, 2.75) is 30.6 Å². The van der Waals surface area contributed by atoms with Gasteiger partial charge in [0.1, 0.15) is 0 Å². The fourth-order valence-corrected chi connectivity index (χ4v) is 2.93. The molecule has 1 N–H and O–H groups in total. The summed E-state index contributed by atoms with van der Waals surface area (Å²) >= 11 is 1.93. The molecule has 0 radical (unpaired) electrons. The van der Waals surface area contributed by atoms with Crippen molar-refractivity contribution in [2.75, 3.05) is 18.8 Å². The fraction of sp³-hybridized carbons (Fsp3) is 0.467. The average Bonchev–Trinajstić information content (AvgIpc) is 2.88. The van der Waals surface area contributed by atoms with Gasteiger partial charge in [-0.3, -0.25) is 0 Å². The van der Waals surface area contributed by atoms with Crippen molar-refractivity contribution in [1.29, 1.82) is 0 Å². The molecule has 1 aliphatic carbocycles. The van der Waals surface area contributed by atoms with Crippen molar-refractivity contribution in [1.82, 2.24) is 5.32 Å². The topological polar surface area (TPSA) is 12.0 Å². The van der Waals surface area contributed by atoms with E-state index < -0.39 is 0 Å². The van der Waals surface area contributed by atoms with E-state index >= 15 is 0 Å². The maximum absolute atomic E-state index is 3.52. The molecule has 0 saturated carbocycles. The number of nitrogens with one attached hydrogen (secondary N) is 1. The van der Waals surface area contributed by atoms with Gasteiger partial charge in [0.15, 0.2) is 0 Å². The summed E-state index contributed by atoms with van der Waals surface area (Å²) in [6.45, 7) is 2.24. The van der Waals surface area contributed by atoms with Crippen LogP contribution in [0.4, 0.5) is 0 Å². The molecule has 17 heavy (non-hydrogen) atoms. The number of allylic oxidation sites excluding steroid dienone is 1. The average molecular weight is 247 g/mol. The third-order valence-electron chi connectivity index (χ3n) is 3.05. The van der Waals surface area contributed by atoms with Gasteiger partial charge in [-0.25, -0.2) is 0 Å². The summed E-state index contributed by atoms with van der Waals surface area (Å²) in [4.78, 5) is 1.37. The molecule has 0 aliphatic heterocycles. The Hall–Kier alpha value is -0.730. The van der Waals surface area contributed by atoms with Gasteiger partial charge < -0.3 is 5.32 Å². The van der Waals surface area contributed by atoms with E-state index in [-0.39, 0.29) is 0 Å². The number of thioether (sulfide) groups is 1. The summed E-state index contributed by atoms with van der Waals surface area (Å²) in [5.41, 5.74) is 1.66. The Kier molecular flexibility index (Phi) is 5.66. The molecule has 0 atom stereocenters. The predicted octanol–water partition coefficient (Wildman–Crippen LogP) is 3.87. The molecular weight excluding hydrogens is 226 g/mol. The molecule has 0 unspecified atom stereocenters. The summed E-state index contributed by atoms with van der Waals surface area (Å²) in [6.07, 6.45) is 7.68. The van der Waals surface area contributed by atoms with Crippen molar-refractivity contribution < 1.29 is 0 Å². The van der Waals surface area contributed by atoms with E-state index in [2.05, 4.69) is 41.7 Å². The standard InChI is InChI=1S/C15H21NS/c1-2-8-15(9-3-1)17-13-12-16-11-10-14-6-4-5-7-14/h1-3,6,8-9,16H,4-5,7,10-13H2. The maximum atomic E-state index is 3.52. The van der Waals surface area contributed by atoms with Crippen LogP contribution in [0.5, 0.6) is 0 Å². The molecule has 1 aliphatic rings. The van der Waals surface area contributed by atoms with E-state index in [1.54, 1.807) is 5.57 Å². The van der Waals surface area contributed by atoms with Crippen molar-refractivity contribution >= 4 is 11.8 Å². The van der Waals surface area contributed by atoms with Gasteiger partial charge in [0.2, 0.25) is 0 Å². The van der Waals surface area contributed by atoms with Gasteiger partial charge in [-0.05, 0) is 44.4 Å². The zero-order valence-electron chi connectivity index (χ0n) is 10.3. The van der Waals surface area contributed by atoms with Crippen LogP contribution in [0.15, 0.2) is 46.9 Å². The van der Waals surface area contributed by atoms with Gasteiger partial charge in [-0.2, -0.15) is 0 Å². The van der Waals surface area contributed by atoms with Crippen molar-refractivity contribution in [3.63, 3.8) is 0 Å². The first-order valence-corrected chi connectivity index (χ1v) is 7.50. The molecule has 1 aromatic rings. The minimum Gasteiger partial charge on any atom is -0.316 e. The number of benzene rings is 1. The smallest absolute Gasteiger partial charge is 0.0106 e. The van der Waals surface area contributed by atoms with E-state index in [1.807, 2.05) is 11.8 Å². The van der Waals surface area contributed by atoms with Crippen LogP contribution < -0.4 is 5.32 Å². The molecular formula is C15H21NS. The number of hydrogen-bond acceptors (Lipinski definition) is 2. The minimum atomic E-state index is 1.10. The molecule has 2 rings (SSSR count). The molecule has 0 spiro atoms. The van der Waals surface area contributed by atoms with Crippen molar-refractivity contribution in [3.05, 3.63) is 42.0 Å². The Morgan fingerprint density at radius 3 is 2.76 bits per heavy atom. The molecule has 1 aromatic carbocycles. The van der Waals surface area contributed by atoms with Gasteiger partial charge in [-0.15, -0.1) is 11.8 Å². The van der Waals surface area contributed by atoms with Crippen LogP contribution in [0.3, 0.4) is 0 Å². The second kappa shape index (κ2) is 7.57. The lowest BCUT2D eigenvalue weighted by atomic mass is 10.2. The van der Waals surface area contributed by atoms with Gasteiger partial charge in [0.25, 0.3) is 0 Å². The van der Waals surface area contributed by atoms with Gasteiger partial charge >= 0.3 is 0 Å². The maximum Gasteiger partial charge on any atom is 0.0106 e. The van der Waals surface area contributed by atoms with E-state index in [9.17, 15) is 0 Å². The largest absolute Gasteiger partial charge is 0.316 e. The van der Waals surface area contributed by atoms with Gasteiger partial charge in [0.05, 0.1) is 0 Å². The van der Waals surface area contributed by atoms with Crippen LogP contribution >= 0.6 is 11.8 Å². The second-order valence-corrected chi connectivity index (χ2v) is 5.58. The first-order chi connectivity index (χ1) is 8.45. The highest BCUT2D eigenvalue weighted by atomic mass is 32.2. The van der Waals surface area contributed by atoms with Crippen LogP contribution in [-0.2, 0) is 0 Å². The van der Waals surface area contributed by atoms with Crippen LogP contribution in [0.25, 0.3) is 0 Å². The zero-order chi connectivity index (χ0) is 11.8. The van der Waals surface area contributed by atoms with E-state index in [0.717, 1.165) is 18.8 Å². The quantitative estimate of drug-likeness (QED) is 0.446. The molecule has 0 fully saturated rings. The van der Waals surface area contributed by atoms with Gasteiger partial charge in [-0.1, -0.05) is 29.8 Å². The van der Waals surface area contributed by atoms with Crippen LogP contribution in [0, 0.1) is 0 Å². The Morgan fingerprint density at radius 1 is 1.12 bits per heavy atom. The summed E-state index contributed by atoms with van der Waals surface area (Å²) in [5, 5.41) is 3.52. The summed E-state index contributed by atoms with van der Waals surface area (Å²) in [6, 6.07) is 10.6. The normalized spacial score (nSPS) is 14.9. The SMILES string of the molecule is C1=C(CCNCCSc2ccccc2)CCC1. The van der Waals surface area contributed by atoms with E-state index in [4.69, 9.17) is 0 Å². The molecule has 0 heterocycles. The molecule has 2 heteroatoms. The first-order valence-electron chi connectivity index (χ1n) is 6.51. The highest BCUT2D eigenvalue weighted by molar-refractivity contribution is 7.99. The van der Waals surface area contributed by atoms with Crippen molar-refractivity contribution in [2.24, 2.45) is 0 Å². The van der Waals surface area contributed by atoms with E-state index in [1.165, 1.54) is 30.6 Å². The number of rotatable bonds is 7. The van der Waals surface area contributed by atoms with Crippen LogP contribution in [-0.4, -0.2) is 18.8 Å². The lowest BCUT2D eigenvalue weighted by molar-refractivity contribution is 0.706. The zero-order valence-corrected chi connectivity index (χ0v) is 11.1. The molecule has 0 amide bonds. The Labute approximate surface area is 109 Å². The predicted molar refractivity (Wildman–Crippen MR) is 76.6 cm³/mol. The lowest BCUT2D eigenvalue weighted by Gasteiger charge is -2.05. The van der Waals surface area contributed by atoms with Crippen LogP contribution in [0.2, 0.25) is 0 Å². The number of hydrogen-bond donors (Lipinski definition) is 1. The van der Waals surface area contributed by atoms with Crippen LogP contribution in [0.1, 0.15) is 25.7 Å². The second-order valence-electron chi connectivity index (χ2n) is 4.42. The third-order valence-corrected chi connectivity index (χ3v) is 4.06. The Morgan fingerprint density at radius 2 is 2.00 bits per heavy atom. The highest BCUT2D eigenvalue weighted by Crippen LogP contribution is 2.19.